The number of carbonyl (C=O) groups is 2. The second-order valence-corrected chi connectivity index (χ2v) is 7.05. The van der Waals surface area contributed by atoms with E-state index in [0.717, 1.165) is 11.1 Å². The van der Waals surface area contributed by atoms with Crippen LogP contribution in [0.4, 0.5) is 5.69 Å². The highest BCUT2D eigenvalue weighted by Gasteiger charge is 2.39. The van der Waals surface area contributed by atoms with Crippen molar-refractivity contribution in [1.82, 2.24) is 0 Å². The van der Waals surface area contributed by atoms with Crippen LogP contribution in [0.5, 0.6) is 5.75 Å². The molecule has 0 atom stereocenters. The molecule has 0 saturated carbocycles. The number of benzene rings is 2. The lowest BCUT2D eigenvalue weighted by atomic mass is 9.90. The quantitative estimate of drug-likeness (QED) is 0.691. The van der Waals surface area contributed by atoms with Crippen molar-refractivity contribution in [3.05, 3.63) is 94.9 Å². The van der Waals surface area contributed by atoms with Crippen molar-refractivity contribution >= 4 is 23.0 Å². The van der Waals surface area contributed by atoms with Crippen molar-refractivity contribution < 1.29 is 18.9 Å². The number of aryl methyl sites for hydroxylation is 2. The summed E-state index contributed by atoms with van der Waals surface area (Å²) in [5.41, 5.74) is 3.93. The molecule has 0 unspecified atom stereocenters. The number of carbonyl (C=O) groups excluding carboxylic acids is 2. The summed E-state index contributed by atoms with van der Waals surface area (Å²) in [7, 11) is 1.57. The molecule has 0 amide bonds. The van der Waals surface area contributed by atoms with Gasteiger partial charge in [-0.05, 0) is 32.0 Å². The highest BCUT2D eigenvalue weighted by atomic mass is 16.5. The Morgan fingerprint density at radius 1 is 0.828 bits per heavy atom. The minimum atomic E-state index is -0.229. The van der Waals surface area contributed by atoms with Crippen LogP contribution in [0, 0.1) is 13.8 Å². The van der Waals surface area contributed by atoms with Gasteiger partial charge in [0.2, 0.25) is 5.78 Å². The molecule has 0 aliphatic heterocycles. The monoisotopic (exact) mass is 385 g/mol. The highest BCUT2D eigenvalue weighted by Crippen LogP contribution is 2.31. The van der Waals surface area contributed by atoms with E-state index in [0.29, 0.717) is 28.3 Å². The molecule has 1 aliphatic rings. The summed E-state index contributed by atoms with van der Waals surface area (Å²) in [6.45, 7) is 3.92. The number of pyridine rings is 1. The molecule has 5 nitrogen and oxygen atoms in total. The summed E-state index contributed by atoms with van der Waals surface area (Å²) >= 11 is 0. The lowest BCUT2D eigenvalue weighted by Gasteiger charge is -2.19. The predicted molar refractivity (Wildman–Crippen MR) is 111 cm³/mol. The van der Waals surface area contributed by atoms with Crippen LogP contribution in [0.2, 0.25) is 0 Å². The zero-order chi connectivity index (χ0) is 20.5. The summed E-state index contributed by atoms with van der Waals surface area (Å²) in [5, 5.41) is 3.17. The average Bonchev–Trinajstić information content (AvgIpc) is 2.71. The van der Waals surface area contributed by atoms with Crippen molar-refractivity contribution in [2.75, 3.05) is 12.4 Å². The van der Waals surface area contributed by atoms with Gasteiger partial charge >= 0.3 is 0 Å². The van der Waals surface area contributed by atoms with Gasteiger partial charge < -0.3 is 10.1 Å². The number of allylic oxidation sites excluding steroid dienone is 2. The Kier molecular flexibility index (Phi) is 4.72. The van der Waals surface area contributed by atoms with E-state index >= 15 is 0 Å². The maximum Gasteiger partial charge on any atom is 0.286 e. The second-order valence-electron chi connectivity index (χ2n) is 7.05. The number of aromatic nitrogens is 1. The number of hydrogen-bond acceptors (Lipinski definition) is 4. The third kappa shape index (κ3) is 3.31. The minimum absolute atomic E-state index is 0.201. The molecule has 1 aliphatic carbocycles. The molecular formula is C24H21N2O3+. The van der Waals surface area contributed by atoms with Gasteiger partial charge in [0, 0.05) is 22.3 Å². The van der Waals surface area contributed by atoms with Crippen LogP contribution < -0.4 is 14.6 Å². The van der Waals surface area contributed by atoms with Crippen molar-refractivity contribution in [1.29, 1.82) is 0 Å². The molecule has 5 heteroatoms. The summed E-state index contributed by atoms with van der Waals surface area (Å²) in [4.78, 5) is 26.8. The number of Topliss-reactive ketones (excluding diaryl/α,β-unsaturated/α-hetero) is 2. The van der Waals surface area contributed by atoms with Gasteiger partial charge in [0.05, 0.1) is 12.8 Å². The van der Waals surface area contributed by atoms with Crippen molar-refractivity contribution in [3.8, 4) is 5.75 Å². The molecule has 29 heavy (non-hydrogen) atoms. The number of methoxy groups -OCH3 is 1. The van der Waals surface area contributed by atoms with E-state index < -0.39 is 0 Å². The number of nitrogens with zero attached hydrogens (tertiary/aromatic N) is 1. The number of anilines is 1. The number of nitrogens with one attached hydrogen (secondary N) is 1. The van der Waals surface area contributed by atoms with Crippen molar-refractivity contribution in [3.63, 3.8) is 0 Å². The molecule has 0 radical (unpaired) electrons. The van der Waals surface area contributed by atoms with Gasteiger partial charge in [-0.15, -0.1) is 0 Å². The predicted octanol–water partition coefficient (Wildman–Crippen LogP) is 3.96. The fourth-order valence-corrected chi connectivity index (χ4v) is 3.65. The number of rotatable bonds is 4. The van der Waals surface area contributed by atoms with E-state index in [1.165, 1.54) is 0 Å². The second kappa shape index (κ2) is 7.36. The van der Waals surface area contributed by atoms with Crippen LogP contribution >= 0.6 is 0 Å². The van der Waals surface area contributed by atoms with E-state index in [-0.39, 0.29) is 17.3 Å². The first-order valence-corrected chi connectivity index (χ1v) is 9.32. The molecule has 4 rings (SSSR count). The Morgan fingerprint density at radius 3 is 2.07 bits per heavy atom. The Hall–Kier alpha value is -3.73. The normalized spacial score (nSPS) is 13.3. The lowest BCUT2D eigenvalue weighted by molar-refractivity contribution is -0.578. The number of hydrogen-bond donors (Lipinski definition) is 1. The number of ether oxygens (including phenoxy) is 1. The van der Waals surface area contributed by atoms with Gasteiger partial charge in [0.1, 0.15) is 5.75 Å². The molecular weight excluding hydrogens is 364 g/mol. The first kappa shape index (κ1) is 18.6. The maximum atomic E-state index is 13.4. The molecule has 144 valence electrons. The zero-order valence-electron chi connectivity index (χ0n) is 16.5. The number of para-hydroxylation sites is 2. The Balaban J connectivity index is 1.96. The fraction of sp³-hybridized carbons (Fsp3) is 0.125. The largest absolute Gasteiger partial charge is 0.495 e. The topological polar surface area (TPSA) is 59.3 Å². The van der Waals surface area contributed by atoms with Crippen LogP contribution in [-0.2, 0) is 0 Å². The summed E-state index contributed by atoms with van der Waals surface area (Å²) in [5.74, 6) is 0.157. The van der Waals surface area contributed by atoms with E-state index in [9.17, 15) is 9.59 Å². The molecule has 2 aromatic carbocycles. The smallest absolute Gasteiger partial charge is 0.286 e. The Morgan fingerprint density at radius 2 is 1.41 bits per heavy atom. The Bertz CT molecular complexity index is 1160. The van der Waals surface area contributed by atoms with Gasteiger partial charge in [0.25, 0.3) is 11.5 Å². The highest BCUT2D eigenvalue weighted by molar-refractivity contribution is 6.36. The SMILES string of the molecule is COc1ccccc1NC1=C([n+]2cc(C)cc(C)c2)C(=O)c2ccccc2C1=O. The van der Waals surface area contributed by atoms with Crippen LogP contribution in [0.15, 0.2) is 72.7 Å². The standard InChI is InChI=1S/C24H20N2O3/c1-15-12-16(2)14-26(13-15)22-21(25-19-10-6-7-11-20(19)29-3)23(27)17-8-4-5-9-18(17)24(22)28/h4-14H,1-3H3/p+1. The lowest BCUT2D eigenvalue weighted by Crippen LogP contribution is -2.42. The van der Waals surface area contributed by atoms with Gasteiger partial charge in [-0.3, -0.25) is 9.59 Å². The molecule has 0 saturated heterocycles. The van der Waals surface area contributed by atoms with Crippen LogP contribution in [0.3, 0.4) is 0 Å². The van der Waals surface area contributed by atoms with Gasteiger partial charge in [0.15, 0.2) is 18.1 Å². The fourth-order valence-electron chi connectivity index (χ4n) is 3.65. The summed E-state index contributed by atoms with van der Waals surface area (Å²) < 4.78 is 7.14. The summed E-state index contributed by atoms with van der Waals surface area (Å²) in [6.07, 6.45) is 3.71. The Labute approximate surface area is 169 Å². The van der Waals surface area contributed by atoms with Crippen LogP contribution in [0.25, 0.3) is 5.70 Å². The van der Waals surface area contributed by atoms with Crippen LogP contribution in [0.1, 0.15) is 31.8 Å². The van der Waals surface area contributed by atoms with Gasteiger partial charge in [-0.1, -0.05) is 36.4 Å². The first-order chi connectivity index (χ1) is 14.0. The van der Waals surface area contributed by atoms with Gasteiger partial charge in [-0.25, -0.2) is 0 Å². The summed E-state index contributed by atoms with van der Waals surface area (Å²) in [6, 6.07) is 16.2. The van der Waals surface area contributed by atoms with E-state index in [2.05, 4.69) is 5.32 Å². The molecule has 1 heterocycles. The van der Waals surface area contributed by atoms with Gasteiger partial charge in [-0.2, -0.15) is 4.57 Å². The van der Waals surface area contributed by atoms with E-state index in [1.54, 1.807) is 42.0 Å². The maximum absolute atomic E-state index is 13.4. The van der Waals surface area contributed by atoms with E-state index in [4.69, 9.17) is 4.74 Å². The minimum Gasteiger partial charge on any atom is -0.495 e. The molecule has 1 aromatic heterocycles. The number of fused-ring (bicyclic) bond motifs is 1. The van der Waals surface area contributed by atoms with Crippen molar-refractivity contribution in [2.24, 2.45) is 0 Å². The van der Waals surface area contributed by atoms with E-state index in [1.807, 2.05) is 50.5 Å². The molecule has 3 aromatic rings. The average molecular weight is 385 g/mol. The molecule has 0 spiro atoms. The van der Waals surface area contributed by atoms with Crippen LogP contribution in [-0.4, -0.2) is 18.7 Å². The van der Waals surface area contributed by atoms with Crippen molar-refractivity contribution in [2.45, 2.75) is 13.8 Å². The third-order valence-electron chi connectivity index (χ3n) is 4.86. The number of ketones is 2. The first-order valence-electron chi connectivity index (χ1n) is 9.32. The third-order valence-corrected chi connectivity index (χ3v) is 4.86. The molecule has 0 fully saturated rings. The molecule has 0 bridgehead atoms. The zero-order valence-corrected chi connectivity index (χ0v) is 16.5. The molecule has 1 N–H and O–H groups in total.